The van der Waals surface area contributed by atoms with Gasteiger partial charge < -0.3 is 0 Å². The number of nitrogens with one attached hydrogen (secondary N) is 1. The molecule has 0 aliphatic carbocycles. The molecule has 0 bridgehead atoms. The molecule has 0 fully saturated rings. The SMILES string of the molecule is Cc1ncsc1CNS(=O)(=O)c1ccc(C#N)c(Cl)c1. The topological polar surface area (TPSA) is 82.8 Å². The number of hydrogen-bond donors (Lipinski definition) is 1. The van der Waals surface area contributed by atoms with Gasteiger partial charge >= 0.3 is 0 Å². The zero-order valence-electron chi connectivity index (χ0n) is 10.4. The van der Waals surface area contributed by atoms with Crippen molar-refractivity contribution in [2.75, 3.05) is 0 Å². The second-order valence-electron chi connectivity index (χ2n) is 3.94. The smallest absolute Gasteiger partial charge is 0.240 e. The molecule has 1 heterocycles. The van der Waals surface area contributed by atoms with Crippen LogP contribution < -0.4 is 4.72 Å². The number of sulfonamides is 1. The van der Waals surface area contributed by atoms with E-state index in [0.717, 1.165) is 10.6 Å². The van der Waals surface area contributed by atoms with E-state index in [2.05, 4.69) is 9.71 Å². The molecular weight excluding hydrogens is 318 g/mol. The molecule has 5 nitrogen and oxygen atoms in total. The molecular formula is C12H10ClN3O2S2. The molecule has 104 valence electrons. The van der Waals surface area contributed by atoms with E-state index < -0.39 is 10.0 Å². The summed E-state index contributed by atoms with van der Waals surface area (Å²) < 4.78 is 26.7. The molecule has 0 radical (unpaired) electrons. The summed E-state index contributed by atoms with van der Waals surface area (Å²) >= 11 is 7.23. The van der Waals surface area contributed by atoms with Crippen LogP contribution in [0, 0.1) is 18.3 Å². The van der Waals surface area contributed by atoms with E-state index in [1.807, 2.05) is 13.0 Å². The van der Waals surface area contributed by atoms with Gasteiger partial charge in [0.2, 0.25) is 10.0 Å². The van der Waals surface area contributed by atoms with Gasteiger partial charge in [-0.05, 0) is 25.1 Å². The Balaban J connectivity index is 2.21. The number of nitrogens with zero attached hydrogens (tertiary/aromatic N) is 2. The first-order valence-electron chi connectivity index (χ1n) is 5.52. The van der Waals surface area contributed by atoms with Crippen molar-refractivity contribution in [1.82, 2.24) is 9.71 Å². The lowest BCUT2D eigenvalue weighted by molar-refractivity contribution is 0.581. The minimum absolute atomic E-state index is 0.0312. The minimum atomic E-state index is -3.67. The number of nitriles is 1. The van der Waals surface area contributed by atoms with Gasteiger partial charge in [-0.2, -0.15) is 5.26 Å². The Morgan fingerprint density at radius 1 is 1.50 bits per heavy atom. The molecule has 0 unspecified atom stereocenters. The van der Waals surface area contributed by atoms with E-state index in [-0.39, 0.29) is 22.0 Å². The van der Waals surface area contributed by atoms with E-state index in [9.17, 15) is 8.42 Å². The van der Waals surface area contributed by atoms with Gasteiger partial charge in [0, 0.05) is 11.4 Å². The Hall–Kier alpha value is -1.46. The Labute approximate surface area is 125 Å². The molecule has 1 N–H and O–H groups in total. The summed E-state index contributed by atoms with van der Waals surface area (Å²) in [4.78, 5) is 4.94. The first-order valence-corrected chi connectivity index (χ1v) is 8.26. The van der Waals surface area contributed by atoms with Gasteiger partial charge in [-0.25, -0.2) is 18.1 Å². The Kier molecular flexibility index (Phi) is 4.40. The lowest BCUT2D eigenvalue weighted by Gasteiger charge is -2.07. The molecule has 0 saturated heterocycles. The summed E-state index contributed by atoms with van der Waals surface area (Å²) in [5.41, 5.74) is 2.71. The van der Waals surface area contributed by atoms with Crippen LogP contribution in [0.1, 0.15) is 16.1 Å². The molecule has 2 aromatic rings. The summed E-state index contributed by atoms with van der Waals surface area (Å²) in [6, 6.07) is 5.89. The number of aryl methyl sites for hydroxylation is 1. The maximum absolute atomic E-state index is 12.1. The van der Waals surface area contributed by atoms with Crippen LogP contribution in [-0.2, 0) is 16.6 Å². The third kappa shape index (κ3) is 3.16. The second kappa shape index (κ2) is 5.89. The molecule has 0 spiro atoms. The quantitative estimate of drug-likeness (QED) is 0.935. The molecule has 0 atom stereocenters. The fourth-order valence-corrected chi connectivity index (χ4v) is 3.61. The molecule has 8 heteroatoms. The van der Waals surface area contributed by atoms with Gasteiger partial charge in [0.25, 0.3) is 0 Å². The highest BCUT2D eigenvalue weighted by molar-refractivity contribution is 7.89. The molecule has 0 amide bonds. The Morgan fingerprint density at radius 2 is 2.25 bits per heavy atom. The summed E-state index contributed by atoms with van der Waals surface area (Å²) in [5.74, 6) is 0. The predicted octanol–water partition coefficient (Wildman–Crippen LogP) is 2.46. The van der Waals surface area contributed by atoms with Crippen LogP contribution in [0.5, 0.6) is 0 Å². The zero-order valence-corrected chi connectivity index (χ0v) is 12.8. The van der Waals surface area contributed by atoms with E-state index in [0.29, 0.717) is 0 Å². The third-order valence-corrected chi connectivity index (χ3v) is 5.29. The summed E-state index contributed by atoms with van der Waals surface area (Å²) in [6.45, 7) is 2.00. The summed E-state index contributed by atoms with van der Waals surface area (Å²) in [7, 11) is -3.67. The van der Waals surface area contributed by atoms with Crippen molar-refractivity contribution in [1.29, 1.82) is 5.26 Å². The normalized spacial score (nSPS) is 11.2. The van der Waals surface area contributed by atoms with Crippen molar-refractivity contribution in [2.24, 2.45) is 0 Å². The van der Waals surface area contributed by atoms with Gasteiger partial charge in [0.1, 0.15) is 6.07 Å². The van der Waals surface area contributed by atoms with Crippen LogP contribution in [0.4, 0.5) is 0 Å². The van der Waals surface area contributed by atoms with Crippen LogP contribution in [0.25, 0.3) is 0 Å². The average Bonchev–Trinajstić information content (AvgIpc) is 2.82. The van der Waals surface area contributed by atoms with Crippen molar-refractivity contribution in [3.63, 3.8) is 0 Å². The van der Waals surface area contributed by atoms with Crippen molar-refractivity contribution in [2.45, 2.75) is 18.4 Å². The van der Waals surface area contributed by atoms with Crippen LogP contribution in [0.2, 0.25) is 5.02 Å². The predicted molar refractivity (Wildman–Crippen MR) is 77.0 cm³/mol. The molecule has 0 saturated carbocycles. The molecule has 0 aliphatic heterocycles. The highest BCUT2D eigenvalue weighted by Gasteiger charge is 2.16. The average molecular weight is 328 g/mol. The Morgan fingerprint density at radius 3 is 2.80 bits per heavy atom. The zero-order chi connectivity index (χ0) is 14.8. The highest BCUT2D eigenvalue weighted by atomic mass is 35.5. The van der Waals surface area contributed by atoms with E-state index >= 15 is 0 Å². The fourth-order valence-electron chi connectivity index (χ4n) is 1.49. The van der Waals surface area contributed by atoms with Crippen molar-refractivity contribution < 1.29 is 8.42 Å². The van der Waals surface area contributed by atoms with Crippen molar-refractivity contribution >= 4 is 33.0 Å². The largest absolute Gasteiger partial charge is 0.250 e. The van der Waals surface area contributed by atoms with Gasteiger partial charge in [0.15, 0.2) is 0 Å². The lowest BCUT2D eigenvalue weighted by Crippen LogP contribution is -2.23. The second-order valence-corrected chi connectivity index (χ2v) is 7.05. The minimum Gasteiger partial charge on any atom is -0.250 e. The maximum Gasteiger partial charge on any atom is 0.240 e. The first-order chi connectivity index (χ1) is 9.44. The number of thiazole rings is 1. The maximum atomic E-state index is 12.1. The highest BCUT2D eigenvalue weighted by Crippen LogP contribution is 2.20. The fraction of sp³-hybridized carbons (Fsp3) is 0.167. The molecule has 1 aromatic carbocycles. The number of benzene rings is 1. The molecule has 2 rings (SSSR count). The molecule has 0 aliphatic rings. The van der Waals surface area contributed by atoms with Crippen LogP contribution in [0.3, 0.4) is 0 Å². The van der Waals surface area contributed by atoms with Gasteiger partial charge in [-0.15, -0.1) is 11.3 Å². The van der Waals surface area contributed by atoms with Gasteiger partial charge in [-0.1, -0.05) is 11.6 Å². The molecule has 1 aromatic heterocycles. The number of aromatic nitrogens is 1. The number of hydrogen-bond acceptors (Lipinski definition) is 5. The Bertz CT molecular complexity index is 778. The lowest BCUT2D eigenvalue weighted by atomic mass is 10.2. The van der Waals surface area contributed by atoms with E-state index in [1.54, 1.807) is 5.51 Å². The number of halogens is 1. The van der Waals surface area contributed by atoms with Gasteiger partial charge in [-0.3, -0.25) is 0 Å². The summed E-state index contributed by atoms with van der Waals surface area (Å²) in [6.07, 6.45) is 0. The summed E-state index contributed by atoms with van der Waals surface area (Å²) in [5, 5.41) is 8.88. The van der Waals surface area contributed by atoms with Crippen LogP contribution >= 0.6 is 22.9 Å². The van der Waals surface area contributed by atoms with Crippen molar-refractivity contribution in [3.05, 3.63) is 44.9 Å². The van der Waals surface area contributed by atoms with Crippen molar-refractivity contribution in [3.8, 4) is 6.07 Å². The van der Waals surface area contributed by atoms with Crippen LogP contribution in [0.15, 0.2) is 28.6 Å². The van der Waals surface area contributed by atoms with E-state index in [1.165, 1.54) is 29.5 Å². The number of rotatable bonds is 4. The molecule has 20 heavy (non-hydrogen) atoms. The third-order valence-electron chi connectivity index (χ3n) is 2.64. The van der Waals surface area contributed by atoms with Gasteiger partial charge in [0.05, 0.1) is 26.7 Å². The first kappa shape index (κ1) is 14.9. The standard InChI is InChI=1S/C12H10ClN3O2S2/c1-8-12(19-7-15-8)6-16-20(17,18)10-3-2-9(5-14)11(13)4-10/h2-4,7,16H,6H2,1H3. The van der Waals surface area contributed by atoms with E-state index in [4.69, 9.17) is 16.9 Å². The monoisotopic (exact) mass is 327 g/mol. The van der Waals surface area contributed by atoms with Crippen LogP contribution in [-0.4, -0.2) is 13.4 Å².